The maximum absolute atomic E-state index is 5.62. The third kappa shape index (κ3) is 3.22. The Hall–Kier alpha value is -1.52. The highest BCUT2D eigenvalue weighted by Crippen LogP contribution is 2.22. The molecular weight excluding hydrogens is 232 g/mol. The van der Waals surface area contributed by atoms with E-state index in [-0.39, 0.29) is 0 Å². The van der Waals surface area contributed by atoms with Crippen LogP contribution in [0, 0.1) is 0 Å². The molecule has 0 aliphatic heterocycles. The summed E-state index contributed by atoms with van der Waals surface area (Å²) in [5.74, 6) is 1.37. The van der Waals surface area contributed by atoms with Crippen LogP contribution in [0.25, 0.3) is 0 Å². The van der Waals surface area contributed by atoms with Gasteiger partial charge in [0.1, 0.15) is 5.75 Å². The highest BCUT2D eigenvalue weighted by molar-refractivity contribution is 7.98. The summed E-state index contributed by atoms with van der Waals surface area (Å²) in [6.45, 7) is 0.496. The summed E-state index contributed by atoms with van der Waals surface area (Å²) in [7, 11) is 0. The van der Waals surface area contributed by atoms with Crippen LogP contribution < -0.4 is 10.5 Å². The van der Waals surface area contributed by atoms with Crippen LogP contribution in [0.2, 0.25) is 0 Å². The van der Waals surface area contributed by atoms with Crippen molar-refractivity contribution >= 4 is 11.8 Å². The number of nitrogens with two attached hydrogens (primary N) is 1. The summed E-state index contributed by atoms with van der Waals surface area (Å²) in [5, 5.41) is 0. The highest BCUT2D eigenvalue weighted by Gasteiger charge is 1.99. The molecule has 0 saturated carbocycles. The normalized spacial score (nSPS) is 10.2. The molecule has 1 heterocycles. The second kappa shape index (κ2) is 5.70. The lowest BCUT2D eigenvalue weighted by molar-refractivity contribution is 0.462. The maximum Gasteiger partial charge on any atom is 0.219 e. The van der Waals surface area contributed by atoms with Gasteiger partial charge in [0.2, 0.25) is 5.88 Å². The number of ether oxygens (including phenoxy) is 1. The van der Waals surface area contributed by atoms with Gasteiger partial charge in [0, 0.05) is 23.7 Å². The topological polar surface area (TPSA) is 48.1 Å². The van der Waals surface area contributed by atoms with Crippen LogP contribution >= 0.6 is 11.8 Å². The number of nitrogens with zero attached hydrogens (tertiary/aromatic N) is 1. The Morgan fingerprint density at radius 2 is 1.94 bits per heavy atom. The monoisotopic (exact) mass is 246 g/mol. The molecule has 0 saturated heterocycles. The largest absolute Gasteiger partial charge is 0.439 e. The second-order valence-electron chi connectivity index (χ2n) is 3.49. The molecule has 2 rings (SSSR count). The summed E-state index contributed by atoms with van der Waals surface area (Å²) < 4.78 is 5.62. The number of hydrogen-bond donors (Lipinski definition) is 1. The van der Waals surface area contributed by atoms with Gasteiger partial charge in [-0.1, -0.05) is 6.07 Å². The summed E-state index contributed by atoms with van der Waals surface area (Å²) >= 11 is 1.70. The average molecular weight is 246 g/mol. The number of benzene rings is 1. The highest BCUT2D eigenvalue weighted by atomic mass is 32.2. The van der Waals surface area contributed by atoms with Crippen LogP contribution in [-0.4, -0.2) is 11.2 Å². The van der Waals surface area contributed by atoms with Crippen LogP contribution in [-0.2, 0) is 6.54 Å². The third-order valence-electron chi connectivity index (χ3n) is 2.32. The first kappa shape index (κ1) is 12.0. The van der Waals surface area contributed by atoms with Crippen molar-refractivity contribution in [3.63, 3.8) is 0 Å². The van der Waals surface area contributed by atoms with Gasteiger partial charge < -0.3 is 10.5 Å². The van der Waals surface area contributed by atoms with Crippen molar-refractivity contribution < 1.29 is 4.74 Å². The number of aromatic nitrogens is 1. The predicted octanol–water partition coefficient (Wildman–Crippen LogP) is 3.05. The molecule has 2 N–H and O–H groups in total. The SMILES string of the molecule is CSc1ccc(Oc2ccc(CN)cn2)cc1. The van der Waals surface area contributed by atoms with E-state index >= 15 is 0 Å². The van der Waals surface area contributed by atoms with E-state index in [4.69, 9.17) is 10.5 Å². The first-order chi connectivity index (χ1) is 8.31. The number of pyridine rings is 1. The minimum absolute atomic E-state index is 0.496. The van der Waals surface area contributed by atoms with Crippen molar-refractivity contribution in [2.45, 2.75) is 11.4 Å². The van der Waals surface area contributed by atoms with Gasteiger partial charge >= 0.3 is 0 Å². The predicted molar refractivity (Wildman–Crippen MR) is 70.4 cm³/mol. The van der Waals surface area contributed by atoms with Crippen molar-refractivity contribution in [1.29, 1.82) is 0 Å². The zero-order chi connectivity index (χ0) is 12.1. The Bertz CT molecular complexity index is 422. The number of hydrogen-bond acceptors (Lipinski definition) is 4. The lowest BCUT2D eigenvalue weighted by Gasteiger charge is -2.05. The van der Waals surface area contributed by atoms with Crippen LogP contribution in [0.3, 0.4) is 0 Å². The fourth-order valence-electron chi connectivity index (χ4n) is 1.36. The molecule has 0 amide bonds. The van der Waals surface area contributed by atoms with Crippen LogP contribution in [0.1, 0.15) is 5.56 Å². The van der Waals surface area contributed by atoms with E-state index in [9.17, 15) is 0 Å². The maximum atomic E-state index is 5.62. The lowest BCUT2D eigenvalue weighted by atomic mass is 10.3. The van der Waals surface area contributed by atoms with Crippen LogP contribution in [0.15, 0.2) is 47.5 Å². The molecule has 17 heavy (non-hydrogen) atoms. The van der Waals surface area contributed by atoms with Gasteiger partial charge in [-0.25, -0.2) is 4.98 Å². The molecule has 0 atom stereocenters. The van der Waals surface area contributed by atoms with Crippen molar-refractivity contribution in [1.82, 2.24) is 4.98 Å². The van der Waals surface area contributed by atoms with E-state index in [2.05, 4.69) is 4.98 Å². The first-order valence-corrected chi connectivity index (χ1v) is 6.51. The Morgan fingerprint density at radius 3 is 2.47 bits per heavy atom. The van der Waals surface area contributed by atoms with Crippen LogP contribution in [0.4, 0.5) is 0 Å². The molecule has 0 radical (unpaired) electrons. The number of thioether (sulfide) groups is 1. The smallest absolute Gasteiger partial charge is 0.219 e. The molecule has 2 aromatic rings. The molecule has 0 bridgehead atoms. The summed E-state index contributed by atoms with van der Waals surface area (Å²) in [6.07, 6.45) is 3.77. The van der Waals surface area contributed by atoms with Crippen molar-refractivity contribution in [3.8, 4) is 11.6 Å². The molecule has 4 heteroatoms. The molecule has 88 valence electrons. The van der Waals surface area contributed by atoms with E-state index in [1.165, 1.54) is 4.90 Å². The van der Waals surface area contributed by atoms with Crippen LogP contribution in [0.5, 0.6) is 11.6 Å². The molecule has 3 nitrogen and oxygen atoms in total. The molecule has 0 fully saturated rings. The molecule has 0 spiro atoms. The zero-order valence-electron chi connectivity index (χ0n) is 9.59. The van der Waals surface area contributed by atoms with E-state index in [0.717, 1.165) is 11.3 Å². The van der Waals surface area contributed by atoms with Gasteiger partial charge in [-0.05, 0) is 36.1 Å². The minimum atomic E-state index is 0.496. The molecule has 0 unspecified atom stereocenters. The third-order valence-corrected chi connectivity index (χ3v) is 3.06. The molecule has 0 aliphatic rings. The van der Waals surface area contributed by atoms with E-state index < -0.39 is 0 Å². The zero-order valence-corrected chi connectivity index (χ0v) is 10.4. The van der Waals surface area contributed by atoms with Crippen molar-refractivity contribution in [3.05, 3.63) is 48.2 Å². The molecule has 1 aromatic heterocycles. The fraction of sp³-hybridized carbons (Fsp3) is 0.154. The molecule has 0 aliphatic carbocycles. The van der Waals surface area contributed by atoms with Crippen molar-refractivity contribution in [2.75, 3.05) is 6.26 Å². The Balaban J connectivity index is 2.08. The van der Waals surface area contributed by atoms with Gasteiger partial charge in [-0.15, -0.1) is 11.8 Å². The van der Waals surface area contributed by atoms with Gasteiger partial charge in [-0.3, -0.25) is 0 Å². The Kier molecular flexibility index (Phi) is 4.01. The average Bonchev–Trinajstić information content (AvgIpc) is 2.40. The Labute approximate surface area is 105 Å². The van der Waals surface area contributed by atoms with Gasteiger partial charge in [-0.2, -0.15) is 0 Å². The summed E-state index contributed by atoms with van der Waals surface area (Å²) in [4.78, 5) is 5.39. The Morgan fingerprint density at radius 1 is 1.18 bits per heavy atom. The minimum Gasteiger partial charge on any atom is -0.439 e. The van der Waals surface area contributed by atoms with Gasteiger partial charge in [0.15, 0.2) is 0 Å². The molecular formula is C13H14N2OS. The van der Waals surface area contributed by atoms with Crippen molar-refractivity contribution in [2.24, 2.45) is 5.73 Å². The first-order valence-electron chi connectivity index (χ1n) is 5.28. The molecule has 1 aromatic carbocycles. The summed E-state index contributed by atoms with van der Waals surface area (Å²) in [5.41, 5.74) is 6.50. The van der Waals surface area contributed by atoms with E-state index in [0.29, 0.717) is 12.4 Å². The van der Waals surface area contributed by atoms with Gasteiger partial charge in [0.25, 0.3) is 0 Å². The van der Waals surface area contributed by atoms with E-state index in [1.807, 2.05) is 42.7 Å². The fourth-order valence-corrected chi connectivity index (χ4v) is 1.76. The number of rotatable bonds is 4. The van der Waals surface area contributed by atoms with E-state index in [1.54, 1.807) is 18.0 Å². The lowest BCUT2D eigenvalue weighted by Crippen LogP contribution is -1.97. The summed E-state index contributed by atoms with van der Waals surface area (Å²) in [6, 6.07) is 11.7. The standard InChI is InChI=1S/C13H14N2OS/c1-17-12-5-3-11(4-6-12)16-13-7-2-10(8-14)9-15-13/h2-7,9H,8,14H2,1H3. The quantitative estimate of drug-likeness (QED) is 0.842. The van der Waals surface area contributed by atoms with Gasteiger partial charge in [0.05, 0.1) is 0 Å². The second-order valence-corrected chi connectivity index (χ2v) is 4.37.